The molecular formula is C12H14BrN3O3S2. The van der Waals surface area contributed by atoms with E-state index >= 15 is 0 Å². The minimum Gasteiger partial charge on any atom is -0.495 e. The van der Waals surface area contributed by atoms with Crippen LogP contribution in [-0.2, 0) is 16.6 Å². The Morgan fingerprint density at radius 3 is 2.76 bits per heavy atom. The number of hydrogen-bond donors (Lipinski definition) is 2. The first-order valence-corrected chi connectivity index (χ1v) is 9.02. The highest BCUT2D eigenvalue weighted by atomic mass is 79.9. The van der Waals surface area contributed by atoms with Crippen molar-refractivity contribution >= 4 is 43.0 Å². The minimum absolute atomic E-state index is 0.00217. The molecule has 2 rings (SSSR count). The van der Waals surface area contributed by atoms with Gasteiger partial charge in [-0.25, -0.2) is 18.1 Å². The molecule has 0 amide bonds. The number of rotatable bonds is 5. The van der Waals surface area contributed by atoms with Crippen LogP contribution in [0.25, 0.3) is 0 Å². The Kier molecular flexibility index (Phi) is 4.87. The maximum atomic E-state index is 12.4. The monoisotopic (exact) mass is 391 g/mol. The Bertz CT molecular complexity index is 759. The molecule has 1 aromatic carbocycles. The van der Waals surface area contributed by atoms with Crippen LogP contribution in [0.15, 0.2) is 26.9 Å². The molecule has 0 aliphatic heterocycles. The van der Waals surface area contributed by atoms with Crippen LogP contribution in [0.4, 0.5) is 5.69 Å². The second kappa shape index (κ2) is 6.30. The van der Waals surface area contributed by atoms with Gasteiger partial charge in [-0.3, -0.25) is 0 Å². The second-order valence-electron chi connectivity index (χ2n) is 4.21. The van der Waals surface area contributed by atoms with Gasteiger partial charge in [0.15, 0.2) is 0 Å². The number of nitrogens with zero attached hydrogens (tertiary/aromatic N) is 1. The predicted octanol–water partition coefficient (Wildman–Crippen LogP) is 2.28. The molecule has 0 bridgehead atoms. The van der Waals surface area contributed by atoms with Gasteiger partial charge in [0.2, 0.25) is 10.0 Å². The van der Waals surface area contributed by atoms with E-state index in [0.717, 1.165) is 5.01 Å². The van der Waals surface area contributed by atoms with Crippen molar-refractivity contribution in [2.45, 2.75) is 18.4 Å². The molecule has 0 aliphatic carbocycles. The first-order chi connectivity index (χ1) is 9.83. The highest BCUT2D eigenvalue weighted by Gasteiger charge is 2.21. The van der Waals surface area contributed by atoms with Crippen molar-refractivity contribution in [3.63, 3.8) is 0 Å². The maximum absolute atomic E-state index is 12.4. The van der Waals surface area contributed by atoms with E-state index in [2.05, 4.69) is 25.6 Å². The normalized spacial score (nSPS) is 11.6. The van der Waals surface area contributed by atoms with Crippen molar-refractivity contribution in [2.24, 2.45) is 0 Å². The topological polar surface area (TPSA) is 94.3 Å². The lowest BCUT2D eigenvalue weighted by molar-refractivity contribution is 0.402. The summed E-state index contributed by atoms with van der Waals surface area (Å²) in [6.45, 7) is 1.98. The van der Waals surface area contributed by atoms with E-state index in [1.54, 1.807) is 0 Å². The molecular weight excluding hydrogens is 378 g/mol. The number of methoxy groups -OCH3 is 1. The van der Waals surface area contributed by atoms with Gasteiger partial charge in [0.1, 0.15) is 10.6 Å². The highest BCUT2D eigenvalue weighted by molar-refractivity contribution is 9.10. The van der Waals surface area contributed by atoms with Crippen molar-refractivity contribution in [1.29, 1.82) is 0 Å². The van der Waals surface area contributed by atoms with Crippen molar-refractivity contribution in [2.75, 3.05) is 12.8 Å². The van der Waals surface area contributed by atoms with Gasteiger partial charge in [0.25, 0.3) is 0 Å². The smallest absolute Gasteiger partial charge is 0.244 e. The SMILES string of the molecule is COc1cc(Br)c(N)cc1S(=O)(=O)NCc1csc(C)n1. The quantitative estimate of drug-likeness (QED) is 0.762. The third kappa shape index (κ3) is 3.73. The first-order valence-electron chi connectivity index (χ1n) is 5.87. The molecule has 0 saturated carbocycles. The number of benzene rings is 1. The number of aryl methyl sites for hydroxylation is 1. The molecule has 21 heavy (non-hydrogen) atoms. The Hall–Kier alpha value is -1.16. The van der Waals surface area contributed by atoms with E-state index in [4.69, 9.17) is 10.5 Å². The predicted molar refractivity (Wildman–Crippen MR) is 86.0 cm³/mol. The van der Waals surface area contributed by atoms with Gasteiger partial charge >= 0.3 is 0 Å². The average Bonchev–Trinajstić information content (AvgIpc) is 2.85. The number of hydrogen-bond acceptors (Lipinski definition) is 6. The zero-order valence-electron chi connectivity index (χ0n) is 11.4. The lowest BCUT2D eigenvalue weighted by atomic mass is 10.3. The molecule has 0 aliphatic rings. The molecule has 0 unspecified atom stereocenters. The van der Waals surface area contributed by atoms with Gasteiger partial charge in [-0.15, -0.1) is 11.3 Å². The molecule has 114 valence electrons. The Morgan fingerprint density at radius 1 is 1.48 bits per heavy atom. The van der Waals surface area contributed by atoms with Crippen molar-refractivity contribution < 1.29 is 13.2 Å². The summed E-state index contributed by atoms with van der Waals surface area (Å²) in [5.41, 5.74) is 6.74. The molecule has 0 fully saturated rings. The third-order valence-electron chi connectivity index (χ3n) is 2.68. The molecule has 0 radical (unpaired) electrons. The van der Waals surface area contributed by atoms with Crippen LogP contribution in [0.2, 0.25) is 0 Å². The molecule has 1 aromatic heterocycles. The minimum atomic E-state index is -3.74. The summed E-state index contributed by atoms with van der Waals surface area (Å²) in [7, 11) is -2.34. The number of nitrogens with one attached hydrogen (secondary N) is 1. The van der Waals surface area contributed by atoms with E-state index in [-0.39, 0.29) is 17.2 Å². The molecule has 6 nitrogen and oxygen atoms in total. The second-order valence-corrected chi connectivity index (χ2v) is 7.86. The zero-order valence-corrected chi connectivity index (χ0v) is 14.6. The largest absolute Gasteiger partial charge is 0.495 e. The van der Waals surface area contributed by atoms with Crippen molar-refractivity contribution in [1.82, 2.24) is 9.71 Å². The fourth-order valence-electron chi connectivity index (χ4n) is 1.66. The molecule has 1 heterocycles. The Balaban J connectivity index is 2.28. The number of halogens is 1. The summed E-state index contributed by atoms with van der Waals surface area (Å²) in [4.78, 5) is 4.21. The summed E-state index contributed by atoms with van der Waals surface area (Å²) >= 11 is 4.70. The maximum Gasteiger partial charge on any atom is 0.244 e. The standard InChI is InChI=1S/C12H14BrN3O3S2/c1-7-16-8(6-20-7)5-15-21(17,18)12-4-10(14)9(13)3-11(12)19-2/h3-4,6,15H,5,14H2,1-2H3. The lowest BCUT2D eigenvalue weighted by Gasteiger charge is -2.12. The van der Waals surface area contributed by atoms with E-state index in [1.807, 2.05) is 12.3 Å². The van der Waals surface area contributed by atoms with E-state index in [0.29, 0.717) is 15.9 Å². The van der Waals surface area contributed by atoms with E-state index < -0.39 is 10.0 Å². The number of anilines is 1. The van der Waals surface area contributed by atoms with Gasteiger partial charge in [0.05, 0.1) is 24.4 Å². The number of nitrogens with two attached hydrogens (primary N) is 1. The number of sulfonamides is 1. The van der Waals surface area contributed by atoms with E-state index in [1.165, 1.54) is 30.6 Å². The Labute approximate surface area is 135 Å². The lowest BCUT2D eigenvalue weighted by Crippen LogP contribution is -2.24. The summed E-state index contributed by atoms with van der Waals surface area (Å²) < 4.78 is 32.9. The molecule has 2 aromatic rings. The van der Waals surface area contributed by atoms with E-state index in [9.17, 15) is 8.42 Å². The molecule has 0 spiro atoms. The van der Waals surface area contributed by atoms with Gasteiger partial charge in [-0.05, 0) is 35.0 Å². The van der Waals surface area contributed by atoms with Crippen LogP contribution in [0.5, 0.6) is 5.75 Å². The van der Waals surface area contributed by atoms with Gasteiger partial charge in [-0.2, -0.15) is 0 Å². The number of thiazole rings is 1. The average molecular weight is 392 g/mol. The van der Waals surface area contributed by atoms with Crippen LogP contribution < -0.4 is 15.2 Å². The molecule has 0 atom stereocenters. The molecule has 0 saturated heterocycles. The van der Waals surface area contributed by atoms with Gasteiger partial charge < -0.3 is 10.5 Å². The van der Waals surface area contributed by atoms with Crippen LogP contribution >= 0.6 is 27.3 Å². The van der Waals surface area contributed by atoms with Crippen LogP contribution in [0.3, 0.4) is 0 Å². The van der Waals surface area contributed by atoms with Crippen LogP contribution in [0, 0.1) is 6.92 Å². The summed E-state index contributed by atoms with van der Waals surface area (Å²) in [5.74, 6) is 0.220. The van der Waals surface area contributed by atoms with Crippen molar-refractivity contribution in [3.8, 4) is 5.75 Å². The number of nitrogen functional groups attached to an aromatic ring is 1. The summed E-state index contributed by atoms with van der Waals surface area (Å²) in [6, 6.07) is 2.88. The van der Waals surface area contributed by atoms with Gasteiger partial charge in [0, 0.05) is 15.5 Å². The van der Waals surface area contributed by atoms with Crippen LogP contribution in [-0.4, -0.2) is 20.5 Å². The van der Waals surface area contributed by atoms with Crippen molar-refractivity contribution in [3.05, 3.63) is 32.7 Å². The van der Waals surface area contributed by atoms with Crippen LogP contribution in [0.1, 0.15) is 10.7 Å². The zero-order chi connectivity index (χ0) is 15.6. The van der Waals surface area contributed by atoms with Gasteiger partial charge in [-0.1, -0.05) is 0 Å². The molecule has 9 heteroatoms. The third-order valence-corrected chi connectivity index (χ3v) is 5.61. The summed E-state index contributed by atoms with van der Waals surface area (Å²) in [6.07, 6.45) is 0. The fraction of sp³-hybridized carbons (Fsp3) is 0.250. The number of aromatic nitrogens is 1. The first kappa shape index (κ1) is 16.2. The molecule has 3 N–H and O–H groups in total. The number of ether oxygens (including phenoxy) is 1. The summed E-state index contributed by atoms with van der Waals surface area (Å²) in [5, 5.41) is 2.69. The highest BCUT2D eigenvalue weighted by Crippen LogP contribution is 2.32. The Morgan fingerprint density at radius 2 is 2.19 bits per heavy atom. The fourth-order valence-corrected chi connectivity index (χ4v) is 3.77.